The topological polar surface area (TPSA) is 29.1 Å². The molecule has 106 valence electrons. The zero-order chi connectivity index (χ0) is 14.4. The molecule has 1 aliphatic heterocycles. The maximum absolute atomic E-state index is 12.0. The number of rotatable bonds is 1. The predicted molar refractivity (Wildman–Crippen MR) is 85.0 cm³/mol. The molecule has 4 rings (SSSR count). The van der Waals surface area contributed by atoms with Gasteiger partial charge >= 0.3 is 0 Å². The smallest absolute Gasteiger partial charge is 0.225 e. The van der Waals surface area contributed by atoms with E-state index in [4.69, 9.17) is 11.6 Å². The van der Waals surface area contributed by atoms with Crippen LogP contribution in [0.5, 0.6) is 0 Å². The van der Waals surface area contributed by atoms with Crippen molar-refractivity contribution in [2.24, 2.45) is 0 Å². The van der Waals surface area contributed by atoms with Gasteiger partial charge in [-0.05, 0) is 59.7 Å². The minimum absolute atomic E-state index is 0.0976. The van der Waals surface area contributed by atoms with E-state index in [1.807, 2.05) is 24.3 Å². The van der Waals surface area contributed by atoms with Crippen LogP contribution in [0.3, 0.4) is 0 Å². The standard InChI is InChI=1S/C18H16ClNO/c19-14-6-4-11(5-7-14)15-10-18(21)20-17-9-13-3-1-2-12(13)8-16(15)17/h4-9,15H,1-3,10H2,(H,20,21). The third-order valence-electron chi connectivity index (χ3n) is 4.58. The number of aryl methyl sites for hydroxylation is 2. The van der Waals surface area contributed by atoms with E-state index in [9.17, 15) is 4.79 Å². The number of carbonyl (C=O) groups excluding carboxylic acids is 1. The van der Waals surface area contributed by atoms with Crippen molar-refractivity contribution >= 4 is 23.2 Å². The summed E-state index contributed by atoms with van der Waals surface area (Å²) in [6, 6.07) is 12.3. The van der Waals surface area contributed by atoms with E-state index < -0.39 is 0 Å². The quantitative estimate of drug-likeness (QED) is 0.835. The first-order chi connectivity index (χ1) is 10.2. The Balaban J connectivity index is 1.83. The molecule has 1 N–H and O–H groups in total. The summed E-state index contributed by atoms with van der Waals surface area (Å²) in [6.45, 7) is 0. The molecule has 0 radical (unpaired) electrons. The van der Waals surface area contributed by atoms with Crippen molar-refractivity contribution in [2.75, 3.05) is 5.32 Å². The second-order valence-corrected chi connectivity index (χ2v) is 6.35. The van der Waals surface area contributed by atoms with Crippen molar-refractivity contribution in [1.82, 2.24) is 0 Å². The van der Waals surface area contributed by atoms with Crippen LogP contribution in [-0.2, 0) is 17.6 Å². The van der Waals surface area contributed by atoms with E-state index in [0.717, 1.165) is 29.1 Å². The molecule has 0 aromatic heterocycles. The van der Waals surface area contributed by atoms with Crippen LogP contribution in [0.1, 0.15) is 41.0 Å². The molecule has 1 aliphatic carbocycles. The molecule has 2 aromatic rings. The van der Waals surface area contributed by atoms with E-state index in [1.165, 1.54) is 23.1 Å². The second kappa shape index (κ2) is 4.88. The summed E-state index contributed by atoms with van der Waals surface area (Å²) >= 11 is 5.98. The van der Waals surface area contributed by atoms with E-state index in [0.29, 0.717) is 6.42 Å². The zero-order valence-corrected chi connectivity index (χ0v) is 12.4. The molecule has 0 saturated carbocycles. The molecule has 2 aromatic carbocycles. The maximum Gasteiger partial charge on any atom is 0.225 e. The zero-order valence-electron chi connectivity index (χ0n) is 11.7. The maximum atomic E-state index is 12.0. The first-order valence-electron chi connectivity index (χ1n) is 7.42. The minimum Gasteiger partial charge on any atom is -0.326 e. The highest BCUT2D eigenvalue weighted by molar-refractivity contribution is 6.30. The number of nitrogens with one attached hydrogen (secondary N) is 1. The van der Waals surface area contributed by atoms with Crippen LogP contribution < -0.4 is 5.32 Å². The van der Waals surface area contributed by atoms with Crippen LogP contribution in [-0.4, -0.2) is 5.91 Å². The number of hydrogen-bond acceptors (Lipinski definition) is 1. The third-order valence-corrected chi connectivity index (χ3v) is 4.83. The number of benzene rings is 2. The highest BCUT2D eigenvalue weighted by atomic mass is 35.5. The summed E-state index contributed by atoms with van der Waals surface area (Å²) in [7, 11) is 0. The number of anilines is 1. The van der Waals surface area contributed by atoms with Crippen molar-refractivity contribution in [3.05, 3.63) is 63.7 Å². The summed E-state index contributed by atoms with van der Waals surface area (Å²) in [4.78, 5) is 12.0. The Morgan fingerprint density at radius 2 is 1.76 bits per heavy atom. The number of halogens is 1. The van der Waals surface area contributed by atoms with Gasteiger partial charge in [0.05, 0.1) is 0 Å². The van der Waals surface area contributed by atoms with Crippen LogP contribution in [0.25, 0.3) is 0 Å². The number of hydrogen-bond donors (Lipinski definition) is 1. The summed E-state index contributed by atoms with van der Waals surface area (Å²) < 4.78 is 0. The van der Waals surface area contributed by atoms with Gasteiger partial charge in [0.2, 0.25) is 5.91 Å². The highest BCUT2D eigenvalue weighted by Crippen LogP contribution is 2.40. The van der Waals surface area contributed by atoms with Gasteiger partial charge in [-0.2, -0.15) is 0 Å². The first kappa shape index (κ1) is 12.9. The Bertz CT molecular complexity index is 721. The largest absolute Gasteiger partial charge is 0.326 e. The average molecular weight is 298 g/mol. The van der Waals surface area contributed by atoms with Crippen LogP contribution >= 0.6 is 11.6 Å². The molecule has 1 atom stereocenters. The summed E-state index contributed by atoms with van der Waals surface area (Å²) in [6.07, 6.45) is 4.01. The van der Waals surface area contributed by atoms with E-state index in [2.05, 4.69) is 17.4 Å². The summed E-state index contributed by atoms with van der Waals surface area (Å²) in [5, 5.41) is 3.77. The molecule has 0 fully saturated rings. The van der Waals surface area contributed by atoms with Crippen molar-refractivity contribution in [1.29, 1.82) is 0 Å². The molecule has 2 aliphatic rings. The Labute approximate surface area is 129 Å². The van der Waals surface area contributed by atoms with E-state index in [1.54, 1.807) is 0 Å². The molecule has 0 bridgehead atoms. The monoisotopic (exact) mass is 297 g/mol. The fourth-order valence-corrected chi connectivity index (χ4v) is 3.65. The van der Waals surface area contributed by atoms with Gasteiger partial charge in [0.1, 0.15) is 0 Å². The van der Waals surface area contributed by atoms with Gasteiger partial charge in [-0.3, -0.25) is 4.79 Å². The Hall–Kier alpha value is -1.80. The van der Waals surface area contributed by atoms with Crippen LogP contribution in [0.2, 0.25) is 5.02 Å². The average Bonchev–Trinajstić information content (AvgIpc) is 2.92. The first-order valence-corrected chi connectivity index (χ1v) is 7.79. The van der Waals surface area contributed by atoms with Gasteiger partial charge in [0.15, 0.2) is 0 Å². The Morgan fingerprint density at radius 3 is 2.52 bits per heavy atom. The van der Waals surface area contributed by atoms with Crippen molar-refractivity contribution in [3.8, 4) is 0 Å². The number of amides is 1. The normalized spacial score (nSPS) is 19.9. The molecule has 2 nitrogen and oxygen atoms in total. The van der Waals surface area contributed by atoms with Gasteiger partial charge in [-0.25, -0.2) is 0 Å². The number of fused-ring (bicyclic) bond motifs is 2. The lowest BCUT2D eigenvalue weighted by atomic mass is 9.83. The lowest BCUT2D eigenvalue weighted by molar-refractivity contribution is -0.116. The SMILES string of the molecule is O=C1CC(c2ccc(Cl)cc2)c2cc3c(cc2N1)CCC3. The molecule has 21 heavy (non-hydrogen) atoms. The van der Waals surface area contributed by atoms with Crippen LogP contribution in [0, 0.1) is 0 Å². The molecule has 1 heterocycles. The Kier molecular flexibility index (Phi) is 3.00. The molecular weight excluding hydrogens is 282 g/mol. The fourth-order valence-electron chi connectivity index (χ4n) is 3.53. The molecule has 1 amide bonds. The molecule has 1 unspecified atom stereocenters. The van der Waals surface area contributed by atoms with Gasteiger partial charge in [-0.1, -0.05) is 29.8 Å². The van der Waals surface area contributed by atoms with E-state index in [-0.39, 0.29) is 11.8 Å². The summed E-state index contributed by atoms with van der Waals surface area (Å²) in [5.41, 5.74) is 6.24. The van der Waals surface area contributed by atoms with Gasteiger partial charge in [0.25, 0.3) is 0 Å². The summed E-state index contributed by atoms with van der Waals surface area (Å²) in [5.74, 6) is 0.234. The third kappa shape index (κ3) is 2.24. The van der Waals surface area contributed by atoms with Gasteiger partial charge in [0, 0.05) is 23.0 Å². The predicted octanol–water partition coefficient (Wildman–Crippen LogP) is 4.30. The highest BCUT2D eigenvalue weighted by Gasteiger charge is 2.28. The van der Waals surface area contributed by atoms with Crippen molar-refractivity contribution in [3.63, 3.8) is 0 Å². The van der Waals surface area contributed by atoms with E-state index >= 15 is 0 Å². The molecule has 3 heteroatoms. The lowest BCUT2D eigenvalue weighted by Gasteiger charge is -2.27. The van der Waals surface area contributed by atoms with Crippen LogP contribution in [0.4, 0.5) is 5.69 Å². The Morgan fingerprint density at radius 1 is 1.05 bits per heavy atom. The van der Waals surface area contributed by atoms with Crippen LogP contribution in [0.15, 0.2) is 36.4 Å². The van der Waals surface area contributed by atoms with Gasteiger partial charge in [-0.15, -0.1) is 0 Å². The number of carbonyl (C=O) groups is 1. The van der Waals surface area contributed by atoms with Gasteiger partial charge < -0.3 is 5.32 Å². The van der Waals surface area contributed by atoms with Crippen molar-refractivity contribution < 1.29 is 4.79 Å². The lowest BCUT2D eigenvalue weighted by Crippen LogP contribution is -2.23. The molecular formula is C18H16ClNO. The van der Waals surface area contributed by atoms with Crippen molar-refractivity contribution in [2.45, 2.75) is 31.6 Å². The molecule has 0 spiro atoms. The fraction of sp³-hybridized carbons (Fsp3) is 0.278. The molecule has 0 saturated heterocycles. The second-order valence-electron chi connectivity index (χ2n) is 5.92. The minimum atomic E-state index is 0.0976.